The topological polar surface area (TPSA) is 78.9 Å². The summed E-state index contributed by atoms with van der Waals surface area (Å²) < 4.78 is 13.4. The summed E-state index contributed by atoms with van der Waals surface area (Å²) >= 11 is 5.77. The van der Waals surface area contributed by atoms with Crippen LogP contribution in [-0.2, 0) is 0 Å². The Morgan fingerprint density at radius 2 is 2.25 bits per heavy atom. The van der Waals surface area contributed by atoms with Crippen molar-refractivity contribution in [3.63, 3.8) is 0 Å². The second kappa shape index (κ2) is 3.90. The van der Waals surface area contributed by atoms with Gasteiger partial charge in [0.25, 0.3) is 0 Å². The van der Waals surface area contributed by atoms with E-state index in [1.807, 2.05) is 0 Å². The summed E-state index contributed by atoms with van der Waals surface area (Å²) in [4.78, 5) is 14.2. The van der Waals surface area contributed by atoms with Gasteiger partial charge in [0, 0.05) is 0 Å². The van der Waals surface area contributed by atoms with Gasteiger partial charge in [-0.1, -0.05) is 17.7 Å². The number of rotatable bonds is 2. The largest absolute Gasteiger partial charge is 0.475 e. The van der Waals surface area contributed by atoms with Crippen molar-refractivity contribution in [3.8, 4) is 11.4 Å². The fourth-order valence-electron chi connectivity index (χ4n) is 1.18. The predicted octanol–water partition coefficient (Wildman–Crippen LogP) is 1.96. The van der Waals surface area contributed by atoms with Gasteiger partial charge in [0.05, 0.1) is 10.6 Å². The highest BCUT2D eigenvalue weighted by Crippen LogP contribution is 2.27. The van der Waals surface area contributed by atoms with E-state index in [2.05, 4.69) is 15.2 Å². The van der Waals surface area contributed by atoms with Crippen LogP contribution in [0.3, 0.4) is 0 Å². The molecule has 0 atom stereocenters. The molecule has 0 unspecified atom stereocenters. The van der Waals surface area contributed by atoms with E-state index in [4.69, 9.17) is 16.7 Å². The minimum Gasteiger partial charge on any atom is -0.475 e. The molecule has 0 amide bonds. The molecule has 0 spiro atoms. The minimum absolute atomic E-state index is 0.0204. The quantitative estimate of drug-likeness (QED) is 0.842. The maximum absolute atomic E-state index is 13.4. The lowest BCUT2D eigenvalue weighted by Crippen LogP contribution is -1.98. The normalized spacial score (nSPS) is 10.4. The van der Waals surface area contributed by atoms with Crippen molar-refractivity contribution >= 4 is 17.6 Å². The van der Waals surface area contributed by atoms with E-state index < -0.39 is 11.8 Å². The van der Waals surface area contributed by atoms with Gasteiger partial charge in [-0.3, -0.25) is 5.10 Å². The van der Waals surface area contributed by atoms with Crippen molar-refractivity contribution in [3.05, 3.63) is 34.9 Å². The Morgan fingerprint density at radius 1 is 1.50 bits per heavy atom. The molecule has 0 aliphatic heterocycles. The lowest BCUT2D eigenvalue weighted by Gasteiger charge is -1.99. The van der Waals surface area contributed by atoms with E-state index in [0.717, 1.165) is 0 Å². The Bertz CT molecular complexity index is 535. The first-order valence-corrected chi connectivity index (χ1v) is 4.57. The lowest BCUT2D eigenvalue weighted by molar-refractivity contribution is 0.0684. The van der Waals surface area contributed by atoms with E-state index in [-0.39, 0.29) is 22.2 Å². The fourth-order valence-corrected chi connectivity index (χ4v) is 1.43. The van der Waals surface area contributed by atoms with Crippen molar-refractivity contribution in [2.75, 3.05) is 0 Å². The van der Waals surface area contributed by atoms with Gasteiger partial charge in [-0.2, -0.15) is 5.10 Å². The van der Waals surface area contributed by atoms with Gasteiger partial charge in [0.15, 0.2) is 5.82 Å². The lowest BCUT2D eigenvalue weighted by atomic mass is 10.2. The number of benzene rings is 1. The molecule has 2 rings (SSSR count). The van der Waals surface area contributed by atoms with Crippen LogP contribution in [0, 0.1) is 5.82 Å². The number of nitrogens with one attached hydrogen (secondary N) is 1. The van der Waals surface area contributed by atoms with Crippen LogP contribution in [0.2, 0.25) is 5.02 Å². The van der Waals surface area contributed by atoms with Crippen LogP contribution < -0.4 is 0 Å². The summed E-state index contributed by atoms with van der Waals surface area (Å²) in [7, 11) is 0. The van der Waals surface area contributed by atoms with Crippen molar-refractivity contribution < 1.29 is 14.3 Å². The molecule has 0 saturated heterocycles. The SMILES string of the molecule is O=C(O)c1nc(-c2c(F)cccc2Cl)n[nH]1. The summed E-state index contributed by atoms with van der Waals surface area (Å²) in [6.07, 6.45) is 0. The Balaban J connectivity index is 2.54. The van der Waals surface area contributed by atoms with Crippen LogP contribution in [0.4, 0.5) is 4.39 Å². The Kier molecular flexibility index (Phi) is 2.57. The molecule has 7 heteroatoms. The summed E-state index contributed by atoms with van der Waals surface area (Å²) in [5.41, 5.74) is -0.0204. The number of halogens is 2. The summed E-state index contributed by atoms with van der Waals surface area (Å²) in [6, 6.07) is 4.10. The zero-order chi connectivity index (χ0) is 11.7. The van der Waals surface area contributed by atoms with Crippen LogP contribution in [0.1, 0.15) is 10.6 Å². The van der Waals surface area contributed by atoms with Gasteiger partial charge >= 0.3 is 5.97 Å². The van der Waals surface area contributed by atoms with Crippen molar-refractivity contribution in [1.82, 2.24) is 15.2 Å². The van der Waals surface area contributed by atoms with E-state index in [9.17, 15) is 9.18 Å². The molecular weight excluding hydrogens is 237 g/mol. The third kappa shape index (κ3) is 1.74. The highest BCUT2D eigenvalue weighted by Gasteiger charge is 2.16. The monoisotopic (exact) mass is 241 g/mol. The minimum atomic E-state index is -1.27. The summed E-state index contributed by atoms with van der Waals surface area (Å²) in [5.74, 6) is -2.33. The fraction of sp³-hybridized carbons (Fsp3) is 0. The van der Waals surface area contributed by atoms with E-state index in [1.165, 1.54) is 18.2 Å². The number of hydrogen-bond acceptors (Lipinski definition) is 3. The van der Waals surface area contributed by atoms with E-state index in [0.29, 0.717) is 0 Å². The highest BCUT2D eigenvalue weighted by atomic mass is 35.5. The average Bonchev–Trinajstić information content (AvgIpc) is 2.66. The van der Waals surface area contributed by atoms with E-state index in [1.54, 1.807) is 0 Å². The number of aromatic nitrogens is 3. The molecule has 0 bridgehead atoms. The Hall–Kier alpha value is -1.95. The van der Waals surface area contributed by atoms with Gasteiger partial charge in [-0.05, 0) is 12.1 Å². The first kappa shape index (κ1) is 10.6. The molecule has 1 heterocycles. The van der Waals surface area contributed by atoms with Crippen LogP contribution in [0.15, 0.2) is 18.2 Å². The number of carbonyl (C=O) groups is 1. The van der Waals surface area contributed by atoms with Gasteiger partial charge in [-0.15, -0.1) is 0 Å². The van der Waals surface area contributed by atoms with Gasteiger partial charge in [0.2, 0.25) is 5.82 Å². The summed E-state index contributed by atoms with van der Waals surface area (Å²) in [6.45, 7) is 0. The Morgan fingerprint density at radius 3 is 2.81 bits per heavy atom. The molecule has 0 saturated carbocycles. The predicted molar refractivity (Wildman–Crippen MR) is 53.7 cm³/mol. The number of hydrogen-bond donors (Lipinski definition) is 2. The third-order valence-corrected chi connectivity index (χ3v) is 2.19. The molecule has 0 radical (unpaired) electrons. The van der Waals surface area contributed by atoms with Crippen molar-refractivity contribution in [2.24, 2.45) is 0 Å². The molecule has 5 nitrogen and oxygen atoms in total. The number of nitrogens with zero attached hydrogens (tertiary/aromatic N) is 2. The molecule has 2 N–H and O–H groups in total. The average molecular weight is 242 g/mol. The molecule has 1 aromatic heterocycles. The highest BCUT2D eigenvalue weighted by molar-refractivity contribution is 6.33. The van der Waals surface area contributed by atoms with Gasteiger partial charge in [0.1, 0.15) is 5.82 Å². The van der Waals surface area contributed by atoms with Crippen molar-refractivity contribution in [1.29, 1.82) is 0 Å². The number of H-pyrrole nitrogens is 1. The van der Waals surface area contributed by atoms with Crippen LogP contribution in [0.25, 0.3) is 11.4 Å². The third-order valence-electron chi connectivity index (χ3n) is 1.87. The first-order chi connectivity index (χ1) is 7.59. The first-order valence-electron chi connectivity index (χ1n) is 4.19. The molecule has 82 valence electrons. The van der Waals surface area contributed by atoms with Crippen LogP contribution >= 0.6 is 11.6 Å². The number of aromatic carboxylic acids is 1. The number of carboxylic acids is 1. The van der Waals surface area contributed by atoms with Crippen molar-refractivity contribution in [2.45, 2.75) is 0 Å². The maximum atomic E-state index is 13.4. The zero-order valence-electron chi connectivity index (χ0n) is 7.74. The smallest absolute Gasteiger partial charge is 0.373 e. The van der Waals surface area contributed by atoms with Crippen LogP contribution in [-0.4, -0.2) is 26.3 Å². The Labute approximate surface area is 93.9 Å². The zero-order valence-corrected chi connectivity index (χ0v) is 8.49. The second-order valence-corrected chi connectivity index (χ2v) is 3.32. The summed E-state index contributed by atoms with van der Waals surface area (Å²) in [5, 5.41) is 14.5. The number of carboxylic acid groups (broad SMARTS) is 1. The second-order valence-electron chi connectivity index (χ2n) is 2.91. The van der Waals surface area contributed by atoms with E-state index >= 15 is 0 Å². The van der Waals surface area contributed by atoms with Gasteiger partial charge < -0.3 is 5.11 Å². The molecular formula is C9H5ClFN3O2. The molecule has 2 aromatic rings. The van der Waals surface area contributed by atoms with Crippen LogP contribution in [0.5, 0.6) is 0 Å². The molecule has 0 fully saturated rings. The molecule has 16 heavy (non-hydrogen) atoms. The molecule has 0 aliphatic rings. The van der Waals surface area contributed by atoms with Gasteiger partial charge in [-0.25, -0.2) is 14.2 Å². The standard InChI is InChI=1S/C9H5ClFN3O2/c10-4-2-1-3-5(11)6(4)7-12-8(9(15)16)14-13-7/h1-3H,(H,15,16)(H,12,13,14). The molecule has 0 aliphatic carbocycles. The number of aromatic amines is 1. The maximum Gasteiger partial charge on any atom is 0.373 e. The molecule has 1 aromatic carbocycles.